The van der Waals surface area contributed by atoms with Crippen molar-refractivity contribution in [3.05, 3.63) is 0 Å². The number of likely N-dealkylation sites (tertiary alicyclic amines) is 1. The summed E-state index contributed by atoms with van der Waals surface area (Å²) < 4.78 is 5.52. The fourth-order valence-electron chi connectivity index (χ4n) is 4.16. The van der Waals surface area contributed by atoms with Gasteiger partial charge in [0.1, 0.15) is 6.29 Å². The molecule has 1 aliphatic heterocycles. The Morgan fingerprint density at radius 3 is 2.31 bits per heavy atom. The highest BCUT2D eigenvalue weighted by Crippen LogP contribution is 2.43. The van der Waals surface area contributed by atoms with Crippen LogP contribution >= 0.6 is 0 Å². The molecule has 0 aromatic rings. The lowest BCUT2D eigenvalue weighted by molar-refractivity contribution is -0.159. The molecule has 1 saturated heterocycles. The van der Waals surface area contributed by atoms with Gasteiger partial charge in [-0.3, -0.25) is 9.59 Å². The van der Waals surface area contributed by atoms with E-state index in [1.54, 1.807) is 0 Å². The number of hydrogen-bond donors (Lipinski definition) is 0. The van der Waals surface area contributed by atoms with Crippen LogP contribution in [0.5, 0.6) is 0 Å². The number of carbonyl (C=O) groups is 3. The van der Waals surface area contributed by atoms with E-state index in [1.807, 2.05) is 39.5 Å². The quantitative estimate of drug-likeness (QED) is 0.313. The number of esters is 1. The maximum absolute atomic E-state index is 12.8. The number of rotatable bonds is 11. The Morgan fingerprint density at radius 1 is 1.19 bits per heavy atom. The molecule has 0 bridgehead atoms. The van der Waals surface area contributed by atoms with Crippen molar-refractivity contribution in [1.82, 2.24) is 4.90 Å². The van der Waals surface area contributed by atoms with E-state index in [9.17, 15) is 14.4 Å². The topological polar surface area (TPSA) is 63.7 Å². The molecule has 0 N–H and O–H groups in total. The number of hydrogen-bond acceptors (Lipinski definition) is 4. The molecule has 1 aliphatic rings. The first-order valence-electron chi connectivity index (χ1n) is 9.97. The van der Waals surface area contributed by atoms with Gasteiger partial charge in [-0.25, -0.2) is 0 Å². The first kappa shape index (κ1) is 22.7. The summed E-state index contributed by atoms with van der Waals surface area (Å²) in [7, 11) is 0. The van der Waals surface area contributed by atoms with Crippen molar-refractivity contribution < 1.29 is 19.1 Å². The van der Waals surface area contributed by atoms with Gasteiger partial charge in [-0.05, 0) is 46.0 Å². The average Bonchev–Trinajstić information content (AvgIpc) is 3.01. The lowest BCUT2D eigenvalue weighted by Gasteiger charge is -2.46. The third-order valence-electron chi connectivity index (χ3n) is 5.66. The lowest BCUT2D eigenvalue weighted by Crippen LogP contribution is -2.53. The van der Waals surface area contributed by atoms with Crippen LogP contribution in [0.3, 0.4) is 0 Å². The van der Waals surface area contributed by atoms with Gasteiger partial charge in [0.25, 0.3) is 0 Å². The van der Waals surface area contributed by atoms with E-state index in [1.165, 1.54) is 0 Å². The van der Waals surface area contributed by atoms with Crippen LogP contribution in [-0.2, 0) is 19.1 Å². The van der Waals surface area contributed by atoms with Gasteiger partial charge >= 0.3 is 5.97 Å². The van der Waals surface area contributed by atoms with Gasteiger partial charge in [-0.2, -0.15) is 0 Å². The summed E-state index contributed by atoms with van der Waals surface area (Å²) in [5.41, 5.74) is -1.78. The summed E-state index contributed by atoms with van der Waals surface area (Å²) in [6.45, 7) is 12.9. The van der Waals surface area contributed by atoms with Crippen LogP contribution in [0.1, 0.15) is 86.5 Å². The van der Waals surface area contributed by atoms with Crippen LogP contribution in [0, 0.1) is 10.8 Å². The Balaban J connectivity index is 3.10. The van der Waals surface area contributed by atoms with Gasteiger partial charge in [0, 0.05) is 23.9 Å². The van der Waals surface area contributed by atoms with Gasteiger partial charge in [0.05, 0.1) is 12.0 Å². The molecule has 0 aromatic heterocycles. The number of ether oxygens (including phenoxy) is 1. The molecule has 2 unspecified atom stereocenters. The normalized spacial score (nSPS) is 19.8. The van der Waals surface area contributed by atoms with Crippen molar-refractivity contribution in [1.29, 1.82) is 0 Å². The van der Waals surface area contributed by atoms with E-state index in [0.29, 0.717) is 38.8 Å². The van der Waals surface area contributed by atoms with Crippen LogP contribution < -0.4 is 0 Å². The molecule has 2 atom stereocenters. The van der Waals surface area contributed by atoms with Crippen LogP contribution in [0.2, 0.25) is 0 Å². The molecule has 26 heavy (non-hydrogen) atoms. The van der Waals surface area contributed by atoms with E-state index in [-0.39, 0.29) is 11.9 Å². The summed E-state index contributed by atoms with van der Waals surface area (Å²) >= 11 is 0. The second kappa shape index (κ2) is 9.01. The molecule has 1 heterocycles. The van der Waals surface area contributed by atoms with E-state index in [0.717, 1.165) is 25.5 Å². The van der Waals surface area contributed by atoms with Crippen molar-refractivity contribution in [2.75, 3.05) is 13.2 Å². The second-order valence-corrected chi connectivity index (χ2v) is 9.01. The summed E-state index contributed by atoms with van der Waals surface area (Å²) in [5.74, 6) is -0.0813. The summed E-state index contributed by atoms with van der Waals surface area (Å²) in [6, 6.07) is 0. The third-order valence-corrected chi connectivity index (χ3v) is 5.66. The molecule has 150 valence electrons. The first-order chi connectivity index (χ1) is 12.0. The highest BCUT2D eigenvalue weighted by atomic mass is 16.5. The molecule has 5 nitrogen and oxygen atoms in total. The molecule has 1 rings (SSSR count). The predicted octanol–water partition coefficient (Wildman–Crippen LogP) is 4.13. The Bertz CT molecular complexity index is 516. The fraction of sp³-hybridized carbons (Fsp3) is 0.857. The van der Waals surface area contributed by atoms with Gasteiger partial charge in [-0.1, -0.05) is 34.1 Å². The van der Waals surface area contributed by atoms with Crippen LogP contribution in [0.4, 0.5) is 0 Å². The summed E-state index contributed by atoms with van der Waals surface area (Å²) in [4.78, 5) is 38.7. The van der Waals surface area contributed by atoms with Crippen molar-refractivity contribution in [3.8, 4) is 0 Å². The SMILES string of the molecule is CCCCOC(=O)C(C)(CC)CC(C)(CC(C)(C)C=O)N1CCCC1=O. The van der Waals surface area contributed by atoms with E-state index in [4.69, 9.17) is 4.74 Å². The monoisotopic (exact) mass is 367 g/mol. The zero-order valence-electron chi connectivity index (χ0n) is 17.5. The number of aldehydes is 1. The van der Waals surface area contributed by atoms with Gasteiger partial charge in [0.2, 0.25) is 5.91 Å². The zero-order valence-corrected chi connectivity index (χ0v) is 17.5. The highest BCUT2D eigenvalue weighted by Gasteiger charge is 2.48. The average molecular weight is 368 g/mol. The lowest BCUT2D eigenvalue weighted by atomic mass is 9.69. The maximum atomic E-state index is 12.8. The molecule has 0 saturated carbocycles. The zero-order chi connectivity index (χ0) is 20.0. The van der Waals surface area contributed by atoms with E-state index in [2.05, 4.69) is 6.92 Å². The smallest absolute Gasteiger partial charge is 0.311 e. The van der Waals surface area contributed by atoms with Gasteiger partial charge in [0.15, 0.2) is 0 Å². The Hall–Kier alpha value is -1.39. The fourth-order valence-corrected chi connectivity index (χ4v) is 4.16. The summed E-state index contributed by atoms with van der Waals surface area (Å²) in [6.07, 6.45) is 5.83. The predicted molar refractivity (Wildman–Crippen MR) is 103 cm³/mol. The molecular formula is C21H37NO4. The number of nitrogens with zero attached hydrogens (tertiary/aromatic N) is 1. The highest BCUT2D eigenvalue weighted by molar-refractivity contribution is 5.80. The number of unbranched alkanes of at least 4 members (excludes halogenated alkanes) is 1. The molecule has 5 heteroatoms. The van der Waals surface area contributed by atoms with E-state index >= 15 is 0 Å². The van der Waals surface area contributed by atoms with Crippen LogP contribution in [0.15, 0.2) is 0 Å². The largest absolute Gasteiger partial charge is 0.465 e. The molecule has 0 radical (unpaired) electrons. The summed E-state index contributed by atoms with van der Waals surface area (Å²) in [5, 5.41) is 0. The van der Waals surface area contributed by atoms with Crippen molar-refractivity contribution >= 4 is 18.2 Å². The van der Waals surface area contributed by atoms with Crippen molar-refractivity contribution in [2.24, 2.45) is 10.8 Å². The van der Waals surface area contributed by atoms with Gasteiger partial charge in [-0.15, -0.1) is 0 Å². The molecule has 1 fully saturated rings. The van der Waals surface area contributed by atoms with Crippen molar-refractivity contribution in [2.45, 2.75) is 92.0 Å². The molecule has 0 spiro atoms. The molecule has 0 aliphatic carbocycles. The first-order valence-corrected chi connectivity index (χ1v) is 9.97. The Kier molecular flexibility index (Phi) is 7.85. The minimum Gasteiger partial charge on any atom is -0.465 e. The third kappa shape index (κ3) is 5.55. The van der Waals surface area contributed by atoms with E-state index < -0.39 is 16.4 Å². The molecular weight excluding hydrogens is 330 g/mol. The number of amides is 1. The molecule has 1 amide bonds. The Labute approximate surface area is 158 Å². The minimum absolute atomic E-state index is 0.118. The molecule has 0 aromatic carbocycles. The van der Waals surface area contributed by atoms with Gasteiger partial charge < -0.3 is 14.4 Å². The van der Waals surface area contributed by atoms with Crippen molar-refractivity contribution in [3.63, 3.8) is 0 Å². The standard InChI is InChI=1S/C21H37NO4/c1-7-9-13-26-18(25)20(5,8-2)15-21(6,14-19(3,4)16-23)22-12-10-11-17(22)24/h16H,7-15H2,1-6H3. The second-order valence-electron chi connectivity index (χ2n) is 9.01. The minimum atomic E-state index is -0.676. The number of carbonyl (C=O) groups excluding carboxylic acids is 3. The maximum Gasteiger partial charge on any atom is 0.311 e. The Morgan fingerprint density at radius 2 is 1.85 bits per heavy atom. The van der Waals surface area contributed by atoms with Crippen LogP contribution in [0.25, 0.3) is 0 Å². The van der Waals surface area contributed by atoms with Crippen LogP contribution in [-0.4, -0.2) is 41.8 Å².